The second kappa shape index (κ2) is 6.75. The summed E-state index contributed by atoms with van der Waals surface area (Å²) in [4.78, 5) is 36.6. The summed E-state index contributed by atoms with van der Waals surface area (Å²) in [6, 6.07) is 7.14. The highest BCUT2D eigenvalue weighted by atomic mass is 16.5. The lowest BCUT2D eigenvalue weighted by Gasteiger charge is -2.27. The van der Waals surface area contributed by atoms with Crippen molar-refractivity contribution in [2.75, 3.05) is 13.7 Å². The number of carbonyl (C=O) groups is 3. The molecule has 5 nitrogen and oxygen atoms in total. The highest BCUT2D eigenvalue weighted by Crippen LogP contribution is 2.53. The van der Waals surface area contributed by atoms with Gasteiger partial charge in [0.2, 0.25) is 0 Å². The van der Waals surface area contributed by atoms with Crippen molar-refractivity contribution in [2.45, 2.75) is 26.2 Å². The van der Waals surface area contributed by atoms with Gasteiger partial charge in [-0.15, -0.1) is 0 Å². The van der Waals surface area contributed by atoms with Gasteiger partial charge in [-0.25, -0.2) is 0 Å². The zero-order valence-electron chi connectivity index (χ0n) is 14.0. The van der Waals surface area contributed by atoms with Gasteiger partial charge in [0, 0.05) is 5.56 Å². The van der Waals surface area contributed by atoms with Crippen LogP contribution in [0.2, 0.25) is 0 Å². The number of rotatable bonds is 5. The Labute approximate surface area is 141 Å². The first kappa shape index (κ1) is 16.7. The molecule has 0 spiro atoms. The van der Waals surface area contributed by atoms with Crippen LogP contribution in [0.15, 0.2) is 24.3 Å². The summed E-state index contributed by atoms with van der Waals surface area (Å²) in [6.07, 6.45) is 2.76. The minimum atomic E-state index is -0.470. The highest BCUT2D eigenvalue weighted by Gasteiger charge is 2.55. The Balaban J connectivity index is 1.63. The van der Waals surface area contributed by atoms with E-state index >= 15 is 0 Å². The maximum absolute atomic E-state index is 12.5. The molecule has 2 aliphatic carbocycles. The van der Waals surface area contributed by atoms with E-state index in [4.69, 9.17) is 9.47 Å². The zero-order valence-corrected chi connectivity index (χ0v) is 14.0. The summed E-state index contributed by atoms with van der Waals surface area (Å²) in [5.41, 5.74) is 1.58. The second-order valence-electron chi connectivity index (χ2n) is 6.80. The third-order valence-corrected chi connectivity index (χ3v) is 5.38. The first-order valence-electron chi connectivity index (χ1n) is 8.35. The second-order valence-corrected chi connectivity index (χ2v) is 6.80. The van der Waals surface area contributed by atoms with Crippen LogP contribution in [0.3, 0.4) is 0 Å². The van der Waals surface area contributed by atoms with Crippen molar-refractivity contribution < 1.29 is 23.9 Å². The van der Waals surface area contributed by atoms with E-state index in [1.807, 2.05) is 19.1 Å². The summed E-state index contributed by atoms with van der Waals surface area (Å²) >= 11 is 0. The molecule has 2 aliphatic rings. The third kappa shape index (κ3) is 3.07. The fourth-order valence-corrected chi connectivity index (χ4v) is 4.16. The number of carbonyl (C=O) groups excluding carboxylic acids is 3. The maximum Gasteiger partial charge on any atom is 0.310 e. The van der Waals surface area contributed by atoms with Crippen LogP contribution in [0.25, 0.3) is 0 Å². The predicted molar refractivity (Wildman–Crippen MR) is 86.3 cm³/mol. The van der Waals surface area contributed by atoms with Crippen LogP contribution in [0.1, 0.15) is 35.2 Å². The number of Topliss-reactive ketones (excluding diaryl/α,β-unsaturated/α-hetero) is 1. The molecular weight excluding hydrogens is 308 g/mol. The van der Waals surface area contributed by atoms with Crippen molar-refractivity contribution in [3.8, 4) is 0 Å². The Morgan fingerprint density at radius 3 is 2.17 bits per heavy atom. The average molecular weight is 330 g/mol. The Hall–Kier alpha value is -2.17. The van der Waals surface area contributed by atoms with Gasteiger partial charge < -0.3 is 9.47 Å². The lowest BCUT2D eigenvalue weighted by Crippen LogP contribution is -2.37. The monoisotopic (exact) mass is 330 g/mol. The van der Waals surface area contributed by atoms with Crippen molar-refractivity contribution in [1.29, 1.82) is 0 Å². The molecule has 128 valence electrons. The van der Waals surface area contributed by atoms with E-state index < -0.39 is 17.8 Å². The average Bonchev–Trinajstić information content (AvgIpc) is 3.20. The van der Waals surface area contributed by atoms with Crippen LogP contribution in [0.5, 0.6) is 0 Å². The van der Waals surface area contributed by atoms with Crippen LogP contribution in [0, 0.1) is 30.6 Å². The quantitative estimate of drug-likeness (QED) is 0.613. The number of ether oxygens (including phenoxy) is 2. The van der Waals surface area contributed by atoms with E-state index in [9.17, 15) is 14.4 Å². The molecule has 0 aliphatic heterocycles. The molecule has 24 heavy (non-hydrogen) atoms. The third-order valence-electron chi connectivity index (χ3n) is 5.38. The molecule has 0 N–H and O–H groups in total. The summed E-state index contributed by atoms with van der Waals surface area (Å²) in [5.74, 6) is -1.54. The number of hydrogen-bond acceptors (Lipinski definition) is 5. The van der Waals surface area contributed by atoms with Crippen molar-refractivity contribution in [1.82, 2.24) is 0 Å². The molecule has 2 fully saturated rings. The number of esters is 2. The van der Waals surface area contributed by atoms with E-state index in [0.29, 0.717) is 5.56 Å². The Morgan fingerprint density at radius 1 is 1.00 bits per heavy atom. The van der Waals surface area contributed by atoms with Crippen LogP contribution in [-0.2, 0) is 19.1 Å². The van der Waals surface area contributed by atoms with Crippen LogP contribution >= 0.6 is 0 Å². The Kier molecular flexibility index (Phi) is 4.69. The predicted octanol–water partition coefficient (Wildman–Crippen LogP) is 2.56. The van der Waals surface area contributed by atoms with Gasteiger partial charge in [0.25, 0.3) is 0 Å². The molecule has 4 atom stereocenters. The molecule has 0 aromatic heterocycles. The minimum Gasteiger partial charge on any atom is -0.469 e. The van der Waals surface area contributed by atoms with E-state index in [0.717, 1.165) is 24.8 Å². The molecule has 1 aromatic rings. The molecule has 0 heterocycles. The van der Waals surface area contributed by atoms with Crippen LogP contribution in [-0.4, -0.2) is 31.4 Å². The topological polar surface area (TPSA) is 69.7 Å². The molecule has 0 unspecified atom stereocenters. The molecule has 0 amide bonds. The largest absolute Gasteiger partial charge is 0.469 e. The minimum absolute atomic E-state index is 0.168. The zero-order chi connectivity index (χ0) is 17.3. The summed E-state index contributed by atoms with van der Waals surface area (Å²) < 4.78 is 10.1. The van der Waals surface area contributed by atoms with E-state index in [1.165, 1.54) is 7.11 Å². The fourth-order valence-electron chi connectivity index (χ4n) is 4.16. The lowest BCUT2D eigenvalue weighted by molar-refractivity contribution is -0.161. The van der Waals surface area contributed by atoms with Crippen molar-refractivity contribution in [3.63, 3.8) is 0 Å². The SMILES string of the molecule is COC(=O)[C@H]1[C@@H]2CC[C@@H](C2)[C@@H]1C(=O)OCC(=O)c1ccc(C)cc1. The number of benzene rings is 1. The van der Waals surface area contributed by atoms with Crippen molar-refractivity contribution >= 4 is 17.7 Å². The number of hydrogen-bond donors (Lipinski definition) is 0. The normalized spacial score (nSPS) is 27.8. The van der Waals surface area contributed by atoms with Gasteiger partial charge in [-0.1, -0.05) is 29.8 Å². The summed E-state index contributed by atoms with van der Waals surface area (Å²) in [7, 11) is 1.34. The number of aryl methyl sites for hydroxylation is 1. The number of methoxy groups -OCH3 is 1. The smallest absolute Gasteiger partial charge is 0.310 e. The fraction of sp³-hybridized carbons (Fsp3) is 0.526. The highest BCUT2D eigenvalue weighted by molar-refractivity contribution is 5.98. The molecule has 0 saturated heterocycles. The van der Waals surface area contributed by atoms with Gasteiger partial charge in [-0.3, -0.25) is 14.4 Å². The standard InChI is InChI=1S/C19H22O5/c1-11-3-5-12(6-4-11)15(20)10-24-19(22)17-14-8-7-13(9-14)16(17)18(21)23-2/h3-6,13-14,16-17H,7-10H2,1-2H3/t13-,14+,16+,17+/m1/s1. The molecule has 5 heteroatoms. The van der Waals surface area contributed by atoms with Gasteiger partial charge >= 0.3 is 11.9 Å². The summed E-state index contributed by atoms with van der Waals surface area (Å²) in [5, 5.41) is 0. The Morgan fingerprint density at radius 2 is 1.58 bits per heavy atom. The van der Waals surface area contributed by atoms with E-state index in [-0.39, 0.29) is 30.2 Å². The van der Waals surface area contributed by atoms with Gasteiger partial charge in [0.1, 0.15) is 0 Å². The van der Waals surface area contributed by atoms with Gasteiger partial charge in [-0.2, -0.15) is 0 Å². The van der Waals surface area contributed by atoms with Gasteiger partial charge in [-0.05, 0) is 38.0 Å². The number of ketones is 1. The maximum atomic E-state index is 12.5. The van der Waals surface area contributed by atoms with E-state index in [1.54, 1.807) is 12.1 Å². The molecule has 2 saturated carbocycles. The first-order valence-corrected chi connectivity index (χ1v) is 8.35. The van der Waals surface area contributed by atoms with Gasteiger partial charge in [0.15, 0.2) is 12.4 Å². The molecule has 0 radical (unpaired) electrons. The van der Waals surface area contributed by atoms with Crippen LogP contribution in [0.4, 0.5) is 0 Å². The van der Waals surface area contributed by atoms with E-state index in [2.05, 4.69) is 0 Å². The lowest BCUT2D eigenvalue weighted by atomic mass is 9.79. The first-order chi connectivity index (χ1) is 11.5. The summed E-state index contributed by atoms with van der Waals surface area (Å²) in [6.45, 7) is 1.65. The molecule has 3 rings (SSSR count). The molecule has 2 bridgehead atoms. The molecular formula is C19H22O5. The molecule has 1 aromatic carbocycles. The Bertz CT molecular complexity index is 648. The van der Waals surface area contributed by atoms with Crippen molar-refractivity contribution in [3.05, 3.63) is 35.4 Å². The number of fused-ring (bicyclic) bond motifs is 2. The van der Waals surface area contributed by atoms with Gasteiger partial charge in [0.05, 0.1) is 18.9 Å². The van der Waals surface area contributed by atoms with Crippen molar-refractivity contribution in [2.24, 2.45) is 23.7 Å². The van der Waals surface area contributed by atoms with Crippen LogP contribution < -0.4 is 0 Å².